The molecule has 0 saturated heterocycles. The highest BCUT2D eigenvalue weighted by Crippen LogP contribution is 2.28. The van der Waals surface area contributed by atoms with E-state index in [0.29, 0.717) is 0 Å². The summed E-state index contributed by atoms with van der Waals surface area (Å²) in [6.07, 6.45) is 0. The van der Waals surface area contributed by atoms with Crippen LogP contribution in [0.3, 0.4) is 0 Å². The molecule has 0 unspecified atom stereocenters. The number of ether oxygens (including phenoxy) is 1. The summed E-state index contributed by atoms with van der Waals surface area (Å²) in [6.45, 7) is 0. The summed E-state index contributed by atoms with van der Waals surface area (Å²) in [5.41, 5.74) is -0.341. The van der Waals surface area contributed by atoms with E-state index in [1.54, 1.807) is 0 Å². The first-order chi connectivity index (χ1) is 6.57. The van der Waals surface area contributed by atoms with Gasteiger partial charge in [0, 0.05) is 0 Å². The standard InChI is InChI=1S/C8H6BrNO4/c1-14-8(11)5-3-2-4-6(9)7(5)10(12)13/h2-4H,1H3. The summed E-state index contributed by atoms with van der Waals surface area (Å²) in [7, 11) is 1.17. The number of esters is 1. The minimum absolute atomic E-state index is 0.0631. The van der Waals surface area contributed by atoms with Gasteiger partial charge in [-0.05, 0) is 28.1 Å². The number of benzene rings is 1. The summed E-state index contributed by atoms with van der Waals surface area (Å²) in [5.74, 6) is -0.724. The van der Waals surface area contributed by atoms with E-state index in [1.807, 2.05) is 0 Å². The van der Waals surface area contributed by atoms with Crippen LogP contribution in [0, 0.1) is 10.1 Å². The minimum atomic E-state index is -0.724. The zero-order valence-electron chi connectivity index (χ0n) is 7.19. The van der Waals surface area contributed by atoms with Crippen LogP contribution in [-0.2, 0) is 4.74 Å². The van der Waals surface area contributed by atoms with Gasteiger partial charge < -0.3 is 4.74 Å². The molecule has 0 aliphatic rings. The summed E-state index contributed by atoms with van der Waals surface area (Å²) < 4.78 is 4.67. The molecule has 0 aromatic heterocycles. The third-order valence-corrected chi connectivity index (χ3v) is 2.21. The molecule has 5 nitrogen and oxygen atoms in total. The van der Waals surface area contributed by atoms with Crippen molar-refractivity contribution in [3.05, 3.63) is 38.3 Å². The Hall–Kier alpha value is -1.43. The molecule has 1 rings (SSSR count). The third kappa shape index (κ3) is 1.90. The van der Waals surface area contributed by atoms with Crippen molar-refractivity contribution < 1.29 is 14.5 Å². The number of rotatable bonds is 2. The monoisotopic (exact) mass is 259 g/mol. The van der Waals surface area contributed by atoms with Gasteiger partial charge in [-0.3, -0.25) is 10.1 Å². The van der Waals surface area contributed by atoms with Crippen molar-refractivity contribution in [3.63, 3.8) is 0 Å². The molecule has 74 valence electrons. The van der Waals surface area contributed by atoms with Crippen molar-refractivity contribution in [3.8, 4) is 0 Å². The molecular weight excluding hydrogens is 254 g/mol. The lowest BCUT2D eigenvalue weighted by molar-refractivity contribution is -0.386. The van der Waals surface area contributed by atoms with Gasteiger partial charge in [-0.25, -0.2) is 4.79 Å². The van der Waals surface area contributed by atoms with Gasteiger partial charge >= 0.3 is 5.97 Å². The van der Waals surface area contributed by atoms with E-state index in [-0.39, 0.29) is 15.7 Å². The number of para-hydroxylation sites is 1. The second kappa shape index (κ2) is 4.19. The Labute approximate surface area is 88.0 Å². The lowest BCUT2D eigenvalue weighted by Crippen LogP contribution is -2.05. The Morgan fingerprint density at radius 1 is 1.57 bits per heavy atom. The van der Waals surface area contributed by atoms with Crippen molar-refractivity contribution >= 4 is 27.6 Å². The van der Waals surface area contributed by atoms with Gasteiger partial charge in [0.1, 0.15) is 5.56 Å². The van der Waals surface area contributed by atoms with E-state index < -0.39 is 10.9 Å². The predicted molar refractivity (Wildman–Crippen MR) is 52.1 cm³/mol. The first-order valence-corrected chi connectivity index (χ1v) is 4.38. The zero-order chi connectivity index (χ0) is 10.7. The van der Waals surface area contributed by atoms with E-state index in [4.69, 9.17) is 0 Å². The van der Waals surface area contributed by atoms with Gasteiger partial charge in [-0.15, -0.1) is 0 Å². The van der Waals surface area contributed by atoms with Gasteiger partial charge in [0.25, 0.3) is 5.69 Å². The Morgan fingerprint density at radius 2 is 2.21 bits per heavy atom. The minimum Gasteiger partial charge on any atom is -0.465 e. The van der Waals surface area contributed by atoms with Crippen LogP contribution in [0.25, 0.3) is 0 Å². The van der Waals surface area contributed by atoms with E-state index in [9.17, 15) is 14.9 Å². The van der Waals surface area contributed by atoms with Gasteiger partial charge in [0.2, 0.25) is 0 Å². The quantitative estimate of drug-likeness (QED) is 0.464. The fourth-order valence-electron chi connectivity index (χ4n) is 0.976. The number of methoxy groups -OCH3 is 1. The number of carbonyl (C=O) groups excluding carboxylic acids is 1. The van der Waals surface area contributed by atoms with Gasteiger partial charge in [0.15, 0.2) is 0 Å². The first-order valence-electron chi connectivity index (χ1n) is 3.59. The molecule has 0 N–H and O–H groups in total. The topological polar surface area (TPSA) is 69.4 Å². The maximum atomic E-state index is 11.1. The van der Waals surface area contributed by atoms with Gasteiger partial charge in [-0.1, -0.05) is 6.07 Å². The van der Waals surface area contributed by atoms with Crippen LogP contribution in [0.4, 0.5) is 5.69 Å². The van der Waals surface area contributed by atoms with Crippen LogP contribution in [0.15, 0.2) is 22.7 Å². The number of nitrogens with zero attached hydrogens (tertiary/aromatic N) is 1. The normalized spacial score (nSPS) is 9.57. The summed E-state index contributed by atoms with van der Waals surface area (Å²) in [6, 6.07) is 4.36. The van der Waals surface area contributed by atoms with Crippen molar-refractivity contribution in [2.75, 3.05) is 7.11 Å². The number of hydrogen-bond donors (Lipinski definition) is 0. The maximum Gasteiger partial charge on any atom is 0.344 e. The second-order valence-corrected chi connectivity index (χ2v) is 3.24. The zero-order valence-corrected chi connectivity index (χ0v) is 8.78. The Morgan fingerprint density at radius 3 is 2.71 bits per heavy atom. The molecule has 1 aromatic rings. The molecule has 0 radical (unpaired) electrons. The molecule has 0 heterocycles. The van der Waals surface area contributed by atoms with Crippen molar-refractivity contribution in [2.24, 2.45) is 0 Å². The molecule has 0 aliphatic heterocycles. The average molecular weight is 260 g/mol. The molecule has 0 spiro atoms. The largest absolute Gasteiger partial charge is 0.465 e. The fraction of sp³-hybridized carbons (Fsp3) is 0.125. The number of halogens is 1. The lowest BCUT2D eigenvalue weighted by Gasteiger charge is -2.01. The number of hydrogen-bond acceptors (Lipinski definition) is 4. The van der Waals surface area contributed by atoms with Crippen molar-refractivity contribution in [1.82, 2.24) is 0 Å². The smallest absolute Gasteiger partial charge is 0.344 e. The summed E-state index contributed by atoms with van der Waals surface area (Å²) in [5, 5.41) is 10.6. The van der Waals surface area contributed by atoms with E-state index in [2.05, 4.69) is 20.7 Å². The van der Waals surface area contributed by atoms with Crippen LogP contribution in [0.5, 0.6) is 0 Å². The first kappa shape index (κ1) is 10.6. The molecule has 0 fully saturated rings. The molecule has 0 aliphatic carbocycles. The van der Waals surface area contributed by atoms with Crippen LogP contribution in [0.1, 0.15) is 10.4 Å². The molecule has 14 heavy (non-hydrogen) atoms. The van der Waals surface area contributed by atoms with Crippen LogP contribution in [0.2, 0.25) is 0 Å². The van der Waals surface area contributed by atoms with Gasteiger partial charge in [-0.2, -0.15) is 0 Å². The number of nitro benzene ring substituents is 1. The summed E-state index contributed by atoms with van der Waals surface area (Å²) in [4.78, 5) is 21.1. The van der Waals surface area contributed by atoms with E-state index >= 15 is 0 Å². The molecule has 0 saturated carbocycles. The molecule has 0 bridgehead atoms. The molecular formula is C8H6BrNO4. The highest BCUT2D eigenvalue weighted by atomic mass is 79.9. The van der Waals surface area contributed by atoms with E-state index in [1.165, 1.54) is 25.3 Å². The Balaban J connectivity index is 3.35. The number of carbonyl (C=O) groups is 1. The lowest BCUT2D eigenvalue weighted by atomic mass is 10.2. The summed E-state index contributed by atoms with van der Waals surface area (Å²) >= 11 is 3.00. The molecule has 1 aromatic carbocycles. The van der Waals surface area contributed by atoms with Crippen molar-refractivity contribution in [2.45, 2.75) is 0 Å². The Kier molecular flexibility index (Phi) is 3.19. The third-order valence-electron chi connectivity index (χ3n) is 1.57. The number of nitro groups is 1. The van der Waals surface area contributed by atoms with Crippen LogP contribution in [-0.4, -0.2) is 18.0 Å². The highest BCUT2D eigenvalue weighted by Gasteiger charge is 2.23. The second-order valence-electron chi connectivity index (χ2n) is 2.38. The van der Waals surface area contributed by atoms with E-state index in [0.717, 1.165) is 0 Å². The van der Waals surface area contributed by atoms with Crippen LogP contribution < -0.4 is 0 Å². The molecule has 0 atom stereocenters. The maximum absolute atomic E-state index is 11.1. The molecule has 6 heteroatoms. The highest BCUT2D eigenvalue weighted by molar-refractivity contribution is 9.10. The van der Waals surface area contributed by atoms with Gasteiger partial charge in [0.05, 0.1) is 16.5 Å². The van der Waals surface area contributed by atoms with Crippen LogP contribution >= 0.6 is 15.9 Å². The average Bonchev–Trinajstić information content (AvgIpc) is 2.15. The van der Waals surface area contributed by atoms with Crippen molar-refractivity contribution in [1.29, 1.82) is 0 Å². The fourth-order valence-corrected chi connectivity index (χ4v) is 1.49. The SMILES string of the molecule is COC(=O)c1cccc(Br)c1[N+](=O)[O-]. The molecule has 0 amide bonds. The Bertz CT molecular complexity index is 391. The predicted octanol–water partition coefficient (Wildman–Crippen LogP) is 2.14.